The highest BCUT2D eigenvalue weighted by molar-refractivity contribution is 5.61. The fourth-order valence-corrected chi connectivity index (χ4v) is 2.73. The Hall–Kier alpha value is -1.22. The molecule has 1 atom stereocenters. The maximum absolute atomic E-state index is 5.36. The largest absolute Gasteiger partial charge is 0.497 e. The highest BCUT2D eigenvalue weighted by atomic mass is 16.5. The van der Waals surface area contributed by atoms with Gasteiger partial charge in [0, 0.05) is 31.2 Å². The van der Waals surface area contributed by atoms with Gasteiger partial charge in [0.15, 0.2) is 0 Å². The van der Waals surface area contributed by atoms with Crippen LogP contribution < -0.4 is 9.64 Å². The topological polar surface area (TPSA) is 15.7 Å². The fraction of sp³-hybridized carbons (Fsp3) is 0.625. The maximum atomic E-state index is 5.36. The van der Waals surface area contributed by atoms with E-state index in [2.05, 4.69) is 55.9 Å². The molecule has 106 valence electrons. The summed E-state index contributed by atoms with van der Waals surface area (Å²) in [5.74, 6) is 1.59. The molecule has 0 fully saturated rings. The normalized spacial score (nSPS) is 18.3. The zero-order valence-electron chi connectivity index (χ0n) is 12.8. The molecule has 0 bridgehead atoms. The first-order chi connectivity index (χ1) is 9.02. The molecule has 3 heteroatoms. The van der Waals surface area contributed by atoms with Crippen LogP contribution in [0.4, 0.5) is 5.69 Å². The maximum Gasteiger partial charge on any atom is 0.119 e. The molecule has 0 N–H and O–H groups in total. The number of hydrogen-bond acceptors (Lipinski definition) is 3. The molecule has 0 amide bonds. The molecule has 1 aliphatic rings. The summed E-state index contributed by atoms with van der Waals surface area (Å²) in [7, 11) is 6.12. The standard InChI is InChI=1S/C16H26N2O/c1-12(2)17(3)9-8-13-11-18(4)16-7-6-14(19-5)10-15(13)16/h6-7,10,12-13H,8-9,11H2,1-5H3/t13-/m0/s1. The lowest BCUT2D eigenvalue weighted by molar-refractivity contribution is 0.264. The van der Waals surface area contributed by atoms with Crippen LogP contribution in [-0.2, 0) is 0 Å². The first kappa shape index (κ1) is 14.2. The molecule has 3 nitrogen and oxygen atoms in total. The lowest BCUT2D eigenvalue weighted by Crippen LogP contribution is -2.28. The molecule has 19 heavy (non-hydrogen) atoms. The second-order valence-corrected chi connectivity index (χ2v) is 5.87. The Morgan fingerprint density at radius 1 is 1.42 bits per heavy atom. The predicted octanol–water partition coefficient (Wildman–Crippen LogP) is 2.96. The van der Waals surface area contributed by atoms with Crippen LogP contribution in [-0.4, -0.2) is 45.2 Å². The Morgan fingerprint density at radius 3 is 2.79 bits per heavy atom. The third-order valence-electron chi connectivity index (χ3n) is 4.29. The number of ether oxygens (including phenoxy) is 1. The summed E-state index contributed by atoms with van der Waals surface area (Å²) in [6.07, 6.45) is 1.21. The third kappa shape index (κ3) is 3.03. The van der Waals surface area contributed by atoms with E-state index in [9.17, 15) is 0 Å². The Kier molecular flexibility index (Phi) is 4.35. The van der Waals surface area contributed by atoms with Crippen LogP contribution in [0.25, 0.3) is 0 Å². The number of fused-ring (bicyclic) bond motifs is 1. The van der Waals surface area contributed by atoms with E-state index in [-0.39, 0.29) is 0 Å². The number of hydrogen-bond donors (Lipinski definition) is 0. The quantitative estimate of drug-likeness (QED) is 0.811. The summed E-state index contributed by atoms with van der Waals surface area (Å²) in [6, 6.07) is 7.06. The number of benzene rings is 1. The number of anilines is 1. The van der Waals surface area contributed by atoms with E-state index in [1.54, 1.807) is 7.11 Å². The third-order valence-corrected chi connectivity index (χ3v) is 4.29. The van der Waals surface area contributed by atoms with E-state index < -0.39 is 0 Å². The van der Waals surface area contributed by atoms with Crippen LogP contribution in [0, 0.1) is 0 Å². The zero-order valence-corrected chi connectivity index (χ0v) is 12.8. The highest BCUT2D eigenvalue weighted by Gasteiger charge is 2.26. The van der Waals surface area contributed by atoms with E-state index >= 15 is 0 Å². The molecular formula is C16H26N2O. The van der Waals surface area contributed by atoms with Gasteiger partial charge in [-0.1, -0.05) is 0 Å². The van der Waals surface area contributed by atoms with Crippen LogP contribution in [0.2, 0.25) is 0 Å². The van der Waals surface area contributed by atoms with Crippen LogP contribution in [0.15, 0.2) is 18.2 Å². The van der Waals surface area contributed by atoms with Gasteiger partial charge >= 0.3 is 0 Å². The van der Waals surface area contributed by atoms with Gasteiger partial charge in [0.2, 0.25) is 0 Å². The van der Waals surface area contributed by atoms with Crippen LogP contribution >= 0.6 is 0 Å². The van der Waals surface area contributed by atoms with Crippen molar-refractivity contribution in [2.75, 3.05) is 39.2 Å². The summed E-state index contributed by atoms with van der Waals surface area (Å²) in [4.78, 5) is 4.77. The lowest BCUT2D eigenvalue weighted by atomic mass is 9.97. The van der Waals surface area contributed by atoms with Crippen molar-refractivity contribution in [2.45, 2.75) is 32.2 Å². The van der Waals surface area contributed by atoms with Crippen molar-refractivity contribution in [3.8, 4) is 5.75 Å². The summed E-state index contributed by atoms with van der Waals surface area (Å²) in [6.45, 7) is 6.76. The molecule has 0 radical (unpaired) electrons. The van der Waals surface area contributed by atoms with Crippen molar-refractivity contribution in [2.24, 2.45) is 0 Å². The lowest BCUT2D eigenvalue weighted by Gasteiger charge is -2.23. The molecule has 0 saturated carbocycles. The number of methoxy groups -OCH3 is 1. The molecule has 0 aliphatic carbocycles. The average molecular weight is 262 g/mol. The van der Waals surface area contributed by atoms with E-state index in [1.165, 1.54) is 17.7 Å². The van der Waals surface area contributed by atoms with Crippen molar-refractivity contribution >= 4 is 5.69 Å². The van der Waals surface area contributed by atoms with Crippen molar-refractivity contribution in [3.63, 3.8) is 0 Å². The minimum atomic E-state index is 0.615. The van der Waals surface area contributed by atoms with Crippen molar-refractivity contribution in [1.29, 1.82) is 0 Å². The minimum absolute atomic E-state index is 0.615. The van der Waals surface area contributed by atoms with Gasteiger partial charge in [0.05, 0.1) is 7.11 Å². The second-order valence-electron chi connectivity index (χ2n) is 5.87. The molecule has 2 rings (SSSR count). The van der Waals surface area contributed by atoms with Gasteiger partial charge in [-0.3, -0.25) is 0 Å². The van der Waals surface area contributed by atoms with Gasteiger partial charge in [-0.2, -0.15) is 0 Å². The summed E-state index contributed by atoms with van der Waals surface area (Å²) in [5.41, 5.74) is 2.80. The Labute approximate surface area is 117 Å². The average Bonchev–Trinajstić information content (AvgIpc) is 2.72. The minimum Gasteiger partial charge on any atom is -0.497 e. The summed E-state index contributed by atoms with van der Waals surface area (Å²) >= 11 is 0. The monoisotopic (exact) mass is 262 g/mol. The molecule has 0 aromatic heterocycles. The fourth-order valence-electron chi connectivity index (χ4n) is 2.73. The van der Waals surface area contributed by atoms with Crippen LogP contribution in [0.3, 0.4) is 0 Å². The molecular weight excluding hydrogens is 236 g/mol. The van der Waals surface area contributed by atoms with Crippen molar-refractivity contribution < 1.29 is 4.74 Å². The van der Waals surface area contributed by atoms with Gasteiger partial charge in [0.25, 0.3) is 0 Å². The first-order valence-electron chi connectivity index (χ1n) is 7.12. The van der Waals surface area contributed by atoms with E-state index in [0.717, 1.165) is 18.8 Å². The summed E-state index contributed by atoms with van der Waals surface area (Å²) in [5, 5.41) is 0. The second kappa shape index (κ2) is 5.83. The molecule has 0 saturated heterocycles. The van der Waals surface area contributed by atoms with Crippen molar-refractivity contribution in [1.82, 2.24) is 4.90 Å². The molecule has 1 aromatic carbocycles. The molecule has 1 aliphatic heterocycles. The van der Waals surface area contributed by atoms with Gasteiger partial charge in [0.1, 0.15) is 5.75 Å². The van der Waals surface area contributed by atoms with Crippen molar-refractivity contribution in [3.05, 3.63) is 23.8 Å². The molecule has 1 heterocycles. The predicted molar refractivity (Wildman–Crippen MR) is 81.4 cm³/mol. The van der Waals surface area contributed by atoms with Gasteiger partial charge in [-0.25, -0.2) is 0 Å². The summed E-state index contributed by atoms with van der Waals surface area (Å²) < 4.78 is 5.36. The Bertz CT molecular complexity index is 431. The number of likely N-dealkylation sites (N-methyl/N-ethyl adjacent to an activating group) is 1. The van der Waals surface area contributed by atoms with Gasteiger partial charge in [-0.15, -0.1) is 0 Å². The Morgan fingerprint density at radius 2 is 2.16 bits per heavy atom. The number of nitrogens with zero attached hydrogens (tertiary/aromatic N) is 2. The van der Waals surface area contributed by atoms with E-state index in [4.69, 9.17) is 4.74 Å². The molecule has 1 aromatic rings. The smallest absolute Gasteiger partial charge is 0.119 e. The first-order valence-corrected chi connectivity index (χ1v) is 7.12. The van der Waals surface area contributed by atoms with E-state index in [1.807, 2.05) is 0 Å². The van der Waals surface area contributed by atoms with Gasteiger partial charge < -0.3 is 14.5 Å². The molecule has 0 spiro atoms. The van der Waals surface area contributed by atoms with Crippen LogP contribution in [0.5, 0.6) is 5.75 Å². The molecule has 0 unspecified atom stereocenters. The number of rotatable bonds is 5. The van der Waals surface area contributed by atoms with Gasteiger partial charge in [-0.05, 0) is 57.6 Å². The zero-order chi connectivity index (χ0) is 14.0. The van der Waals surface area contributed by atoms with E-state index in [0.29, 0.717) is 12.0 Å². The highest BCUT2D eigenvalue weighted by Crippen LogP contribution is 2.39. The SMILES string of the molecule is COc1ccc2c(c1)[C@@H](CCN(C)C(C)C)CN2C. The Balaban J connectivity index is 2.09. The van der Waals surface area contributed by atoms with Crippen LogP contribution in [0.1, 0.15) is 31.7 Å².